The average molecular weight is 281 g/mol. The van der Waals surface area contributed by atoms with Crippen LogP contribution >= 0.6 is 7.60 Å². The molecule has 9 heteroatoms. The lowest BCUT2D eigenvalue weighted by molar-refractivity contribution is -0.129. The quantitative estimate of drug-likeness (QED) is 0.390. The molecule has 0 rings (SSSR count). The number of hydrogen-bond acceptors (Lipinski definition) is 4. The van der Waals surface area contributed by atoms with Crippen molar-refractivity contribution in [1.29, 1.82) is 0 Å². The van der Waals surface area contributed by atoms with Gasteiger partial charge in [0.15, 0.2) is 0 Å². The summed E-state index contributed by atoms with van der Waals surface area (Å²) in [5, 5.41) is 4.52. The Morgan fingerprint density at radius 2 is 1.72 bits per heavy atom. The predicted molar refractivity (Wildman–Crippen MR) is 65.5 cm³/mol. The molecule has 106 valence electrons. The molecular weight excluding hydrogens is 261 g/mol. The van der Waals surface area contributed by atoms with Crippen molar-refractivity contribution < 1.29 is 23.9 Å². The molecule has 3 atom stereocenters. The van der Waals surface area contributed by atoms with Crippen LogP contribution < -0.4 is 16.4 Å². The van der Waals surface area contributed by atoms with E-state index in [1.807, 2.05) is 0 Å². The van der Waals surface area contributed by atoms with Crippen LogP contribution in [0.15, 0.2) is 0 Å². The smallest absolute Gasteiger partial charge is 0.343 e. The summed E-state index contributed by atoms with van der Waals surface area (Å²) in [5.41, 5.74) is 5.31. The summed E-state index contributed by atoms with van der Waals surface area (Å²) in [6.45, 7) is 4.40. The lowest BCUT2D eigenvalue weighted by Crippen LogP contribution is -2.51. The van der Waals surface area contributed by atoms with E-state index in [4.69, 9.17) is 15.5 Å². The fourth-order valence-corrected chi connectivity index (χ4v) is 1.89. The molecule has 0 saturated carbocycles. The Bertz CT molecular complexity index is 354. The van der Waals surface area contributed by atoms with Crippen LogP contribution in [0.4, 0.5) is 0 Å². The molecule has 18 heavy (non-hydrogen) atoms. The van der Waals surface area contributed by atoms with E-state index in [9.17, 15) is 14.2 Å². The summed E-state index contributed by atoms with van der Waals surface area (Å²) < 4.78 is 11.0. The van der Waals surface area contributed by atoms with Gasteiger partial charge in [-0.05, 0) is 20.3 Å². The number of carbonyl (C=O) groups is 2. The summed E-state index contributed by atoms with van der Waals surface area (Å²) >= 11 is 0. The molecule has 0 bridgehead atoms. The average Bonchev–Trinajstić information content (AvgIpc) is 2.23. The third kappa shape index (κ3) is 5.59. The van der Waals surface area contributed by atoms with Gasteiger partial charge in [0, 0.05) is 0 Å². The zero-order valence-electron chi connectivity index (χ0n) is 10.6. The van der Waals surface area contributed by atoms with E-state index in [0.29, 0.717) is 0 Å². The van der Waals surface area contributed by atoms with E-state index in [1.54, 1.807) is 0 Å². The first-order valence-corrected chi connectivity index (χ1v) is 7.19. The maximum atomic E-state index is 11.6. The van der Waals surface area contributed by atoms with Crippen LogP contribution in [0.1, 0.15) is 27.2 Å². The number of rotatable bonds is 6. The summed E-state index contributed by atoms with van der Waals surface area (Å²) in [6, 6.07) is -1.67. The lowest BCUT2D eigenvalue weighted by atomic mass is 10.2. The zero-order chi connectivity index (χ0) is 14.5. The summed E-state index contributed by atoms with van der Waals surface area (Å²) in [7, 11) is -4.39. The van der Waals surface area contributed by atoms with Crippen molar-refractivity contribution in [1.82, 2.24) is 10.6 Å². The second-order valence-electron chi connectivity index (χ2n) is 4.04. The second kappa shape index (κ2) is 6.84. The van der Waals surface area contributed by atoms with E-state index in [2.05, 4.69) is 10.6 Å². The lowest BCUT2D eigenvalue weighted by Gasteiger charge is -2.21. The van der Waals surface area contributed by atoms with E-state index in [0.717, 1.165) is 0 Å². The van der Waals surface area contributed by atoms with Gasteiger partial charge in [-0.15, -0.1) is 0 Å². The molecule has 0 unspecified atom stereocenters. The van der Waals surface area contributed by atoms with Crippen LogP contribution in [0.5, 0.6) is 0 Å². The first kappa shape index (κ1) is 17.1. The van der Waals surface area contributed by atoms with Gasteiger partial charge in [0.1, 0.15) is 11.8 Å². The van der Waals surface area contributed by atoms with Crippen LogP contribution in [0.2, 0.25) is 0 Å². The van der Waals surface area contributed by atoms with Crippen molar-refractivity contribution >= 4 is 19.4 Å². The van der Waals surface area contributed by atoms with Crippen molar-refractivity contribution in [3.05, 3.63) is 0 Å². The highest BCUT2D eigenvalue weighted by Crippen LogP contribution is 2.41. The molecule has 0 radical (unpaired) electrons. The first-order valence-electron chi connectivity index (χ1n) is 5.51. The van der Waals surface area contributed by atoms with Crippen LogP contribution in [-0.2, 0) is 14.2 Å². The van der Waals surface area contributed by atoms with Gasteiger partial charge in [-0.1, -0.05) is 6.92 Å². The van der Waals surface area contributed by atoms with Gasteiger partial charge in [0.2, 0.25) is 11.8 Å². The highest BCUT2D eigenvalue weighted by Gasteiger charge is 2.30. The molecule has 0 aromatic rings. The number of amides is 2. The topological polar surface area (TPSA) is 142 Å². The van der Waals surface area contributed by atoms with E-state index < -0.39 is 37.3 Å². The van der Waals surface area contributed by atoms with Crippen LogP contribution in [0, 0.1) is 0 Å². The second-order valence-corrected chi connectivity index (χ2v) is 5.84. The van der Waals surface area contributed by atoms with Gasteiger partial charge in [-0.3, -0.25) is 14.2 Å². The SMILES string of the molecule is CC[C@H](NC(=O)[C@H](C)NC(=O)[C@H](C)N)P(=O)(O)O. The molecule has 0 aliphatic heterocycles. The first-order chi connectivity index (χ1) is 8.09. The molecule has 0 aromatic heterocycles. The van der Waals surface area contributed by atoms with Gasteiger partial charge >= 0.3 is 7.60 Å². The van der Waals surface area contributed by atoms with Gasteiger partial charge < -0.3 is 26.2 Å². The molecule has 6 N–H and O–H groups in total. The Morgan fingerprint density at radius 3 is 2.06 bits per heavy atom. The van der Waals surface area contributed by atoms with Gasteiger partial charge in [0.05, 0.1) is 6.04 Å². The third-order valence-electron chi connectivity index (χ3n) is 2.27. The summed E-state index contributed by atoms with van der Waals surface area (Å²) in [5.74, 6) is -2.43. The van der Waals surface area contributed by atoms with Crippen LogP contribution in [0.3, 0.4) is 0 Å². The van der Waals surface area contributed by atoms with Crippen molar-refractivity contribution in [2.45, 2.75) is 45.1 Å². The van der Waals surface area contributed by atoms with E-state index in [1.165, 1.54) is 20.8 Å². The minimum absolute atomic E-state index is 0.0873. The van der Waals surface area contributed by atoms with Gasteiger partial charge in [-0.2, -0.15) is 0 Å². The zero-order valence-corrected chi connectivity index (χ0v) is 11.5. The maximum absolute atomic E-state index is 11.6. The number of nitrogens with one attached hydrogen (secondary N) is 2. The highest BCUT2D eigenvalue weighted by molar-refractivity contribution is 7.52. The highest BCUT2D eigenvalue weighted by atomic mass is 31.2. The molecule has 0 spiro atoms. The van der Waals surface area contributed by atoms with E-state index >= 15 is 0 Å². The molecule has 0 aromatic carbocycles. The van der Waals surface area contributed by atoms with Gasteiger partial charge in [0.25, 0.3) is 0 Å². The van der Waals surface area contributed by atoms with Gasteiger partial charge in [-0.25, -0.2) is 0 Å². The van der Waals surface area contributed by atoms with Crippen LogP contribution in [0.25, 0.3) is 0 Å². The molecule has 0 aliphatic rings. The molecule has 0 heterocycles. The molecule has 0 fully saturated rings. The monoisotopic (exact) mass is 281 g/mol. The Kier molecular flexibility index (Phi) is 6.48. The minimum Gasteiger partial charge on any atom is -0.343 e. The molecule has 0 aliphatic carbocycles. The Balaban J connectivity index is 4.48. The fourth-order valence-electron chi connectivity index (χ4n) is 1.12. The summed E-state index contributed by atoms with van der Waals surface area (Å²) in [4.78, 5) is 40.8. The molecule has 8 nitrogen and oxygen atoms in total. The Labute approximate surface area is 105 Å². The Morgan fingerprint density at radius 1 is 1.22 bits per heavy atom. The molecular formula is C9H20N3O5P. The third-order valence-corrected chi connectivity index (χ3v) is 3.57. The fraction of sp³-hybridized carbons (Fsp3) is 0.778. The van der Waals surface area contributed by atoms with E-state index in [-0.39, 0.29) is 6.42 Å². The van der Waals surface area contributed by atoms with Crippen LogP contribution in [-0.4, -0.2) is 39.5 Å². The van der Waals surface area contributed by atoms with Crippen molar-refractivity contribution in [2.75, 3.05) is 0 Å². The number of carbonyl (C=O) groups excluding carboxylic acids is 2. The number of hydrogen-bond donors (Lipinski definition) is 5. The van der Waals surface area contributed by atoms with Crippen molar-refractivity contribution in [3.63, 3.8) is 0 Å². The molecule has 0 saturated heterocycles. The normalized spacial score (nSPS) is 16.6. The number of nitrogens with two attached hydrogens (primary N) is 1. The molecule has 2 amide bonds. The largest absolute Gasteiger partial charge is 0.347 e. The maximum Gasteiger partial charge on any atom is 0.347 e. The van der Waals surface area contributed by atoms with Crippen molar-refractivity contribution in [3.8, 4) is 0 Å². The standard InChI is InChI=1S/C9H20N3O5P/c1-4-7(18(15,16)17)12-9(14)6(3)11-8(13)5(2)10/h5-7H,4,10H2,1-3H3,(H,11,13)(H,12,14)(H2,15,16,17)/t5-,6-,7+/m0/s1. The minimum atomic E-state index is -4.39. The summed E-state index contributed by atoms with van der Waals surface area (Å²) in [6.07, 6.45) is 0.0873. The Hall–Kier alpha value is -0.950. The predicted octanol–water partition coefficient (Wildman–Crippen LogP) is -1.13. The van der Waals surface area contributed by atoms with Crippen molar-refractivity contribution in [2.24, 2.45) is 5.73 Å².